The monoisotopic (exact) mass is 305 g/mol. The van der Waals surface area contributed by atoms with Gasteiger partial charge in [0.15, 0.2) is 0 Å². The first-order valence-electron chi connectivity index (χ1n) is 7.14. The molecule has 0 bridgehead atoms. The van der Waals surface area contributed by atoms with Crippen LogP contribution in [-0.2, 0) is 9.59 Å². The van der Waals surface area contributed by atoms with E-state index < -0.39 is 17.9 Å². The summed E-state index contributed by atoms with van der Waals surface area (Å²) < 4.78 is 0. The van der Waals surface area contributed by atoms with Gasteiger partial charge in [-0.15, -0.1) is 0 Å². The van der Waals surface area contributed by atoms with Crippen LogP contribution >= 0.6 is 0 Å². The van der Waals surface area contributed by atoms with E-state index in [2.05, 4.69) is 5.32 Å². The Kier molecular flexibility index (Phi) is 5.11. The molecule has 0 saturated carbocycles. The minimum absolute atomic E-state index is 0.0362. The van der Waals surface area contributed by atoms with Crippen molar-refractivity contribution in [3.63, 3.8) is 0 Å². The molecule has 1 heterocycles. The summed E-state index contributed by atoms with van der Waals surface area (Å²) in [6.45, 7) is 0.638. The van der Waals surface area contributed by atoms with Gasteiger partial charge in [0.2, 0.25) is 11.8 Å². The number of carbonyl (C=O) groups excluding carboxylic acids is 2. The van der Waals surface area contributed by atoms with Gasteiger partial charge in [-0.05, 0) is 43.7 Å². The number of likely N-dealkylation sites (tertiary alicyclic amines) is 1. The molecule has 1 aromatic rings. The van der Waals surface area contributed by atoms with Gasteiger partial charge in [0, 0.05) is 11.3 Å². The van der Waals surface area contributed by atoms with Crippen LogP contribution in [0.5, 0.6) is 0 Å². The number of hydrogen-bond acceptors (Lipinski definition) is 4. The summed E-state index contributed by atoms with van der Waals surface area (Å²) in [6.07, 6.45) is 2.32. The standard InChI is InChI=1S/C15H19N3O4/c16-14(20)10-4-6-11(7-5-10)17-13(19)9-18-8-2-1-3-12(18)15(21)22/h4-7,12H,1-3,8-9H2,(H2,16,20)(H,17,19)(H,21,22). The highest BCUT2D eigenvalue weighted by Crippen LogP contribution is 2.17. The van der Waals surface area contributed by atoms with Gasteiger partial charge in [-0.3, -0.25) is 19.3 Å². The zero-order chi connectivity index (χ0) is 16.1. The van der Waals surface area contributed by atoms with Crippen LogP contribution in [0.15, 0.2) is 24.3 Å². The lowest BCUT2D eigenvalue weighted by atomic mass is 10.0. The smallest absolute Gasteiger partial charge is 0.320 e. The third-order valence-electron chi connectivity index (χ3n) is 3.70. The number of nitrogens with two attached hydrogens (primary N) is 1. The average molecular weight is 305 g/mol. The molecule has 0 spiro atoms. The van der Waals surface area contributed by atoms with Crippen LogP contribution in [0.2, 0.25) is 0 Å². The number of hydrogen-bond donors (Lipinski definition) is 3. The third-order valence-corrected chi connectivity index (χ3v) is 3.70. The predicted molar refractivity (Wildman–Crippen MR) is 80.4 cm³/mol. The molecule has 1 unspecified atom stereocenters. The van der Waals surface area contributed by atoms with Gasteiger partial charge in [-0.1, -0.05) is 6.42 Å². The number of rotatable bonds is 5. The fraction of sp³-hybridized carbons (Fsp3) is 0.400. The predicted octanol–water partition coefficient (Wildman–Crippen LogP) is 0.663. The lowest BCUT2D eigenvalue weighted by molar-refractivity contribution is -0.145. The number of nitrogens with zero attached hydrogens (tertiary/aromatic N) is 1. The molecule has 1 aliphatic rings. The van der Waals surface area contributed by atoms with Crippen molar-refractivity contribution in [3.05, 3.63) is 29.8 Å². The molecule has 1 atom stereocenters. The molecule has 7 nitrogen and oxygen atoms in total. The lowest BCUT2D eigenvalue weighted by Gasteiger charge is -2.32. The summed E-state index contributed by atoms with van der Waals surface area (Å²) in [6, 6.07) is 5.63. The quantitative estimate of drug-likeness (QED) is 0.740. The van der Waals surface area contributed by atoms with Crippen molar-refractivity contribution in [1.29, 1.82) is 0 Å². The third kappa shape index (κ3) is 4.05. The van der Waals surface area contributed by atoms with Crippen molar-refractivity contribution in [2.75, 3.05) is 18.4 Å². The van der Waals surface area contributed by atoms with Crippen molar-refractivity contribution in [2.45, 2.75) is 25.3 Å². The van der Waals surface area contributed by atoms with E-state index in [1.54, 1.807) is 17.0 Å². The summed E-state index contributed by atoms with van der Waals surface area (Å²) in [5.74, 6) is -1.70. The molecule has 22 heavy (non-hydrogen) atoms. The lowest BCUT2D eigenvalue weighted by Crippen LogP contribution is -2.47. The van der Waals surface area contributed by atoms with Gasteiger partial charge < -0.3 is 16.2 Å². The van der Waals surface area contributed by atoms with Crippen LogP contribution < -0.4 is 11.1 Å². The number of benzene rings is 1. The van der Waals surface area contributed by atoms with Gasteiger partial charge in [-0.25, -0.2) is 0 Å². The molecule has 0 aliphatic carbocycles. The maximum atomic E-state index is 12.0. The van der Waals surface area contributed by atoms with E-state index in [4.69, 9.17) is 5.73 Å². The first kappa shape index (κ1) is 16.0. The Bertz CT molecular complexity index is 571. The maximum absolute atomic E-state index is 12.0. The maximum Gasteiger partial charge on any atom is 0.320 e. The largest absolute Gasteiger partial charge is 0.480 e. The van der Waals surface area contributed by atoms with Crippen LogP contribution in [-0.4, -0.2) is 46.9 Å². The average Bonchev–Trinajstić information content (AvgIpc) is 2.48. The molecular formula is C15H19N3O4. The highest BCUT2D eigenvalue weighted by atomic mass is 16.4. The second kappa shape index (κ2) is 7.04. The van der Waals surface area contributed by atoms with E-state index >= 15 is 0 Å². The Morgan fingerprint density at radius 1 is 1.23 bits per heavy atom. The number of anilines is 1. The molecule has 4 N–H and O–H groups in total. The topological polar surface area (TPSA) is 113 Å². The van der Waals surface area contributed by atoms with Crippen LogP contribution in [0.25, 0.3) is 0 Å². The van der Waals surface area contributed by atoms with Crippen LogP contribution in [0, 0.1) is 0 Å². The minimum atomic E-state index is -0.890. The Balaban J connectivity index is 1.94. The van der Waals surface area contributed by atoms with Crippen molar-refractivity contribution < 1.29 is 19.5 Å². The number of piperidine rings is 1. The Labute approximate surface area is 128 Å². The number of amides is 2. The summed E-state index contributed by atoms with van der Waals surface area (Å²) in [5.41, 5.74) is 6.05. The second-order valence-corrected chi connectivity index (χ2v) is 5.31. The molecule has 1 aromatic carbocycles. The molecule has 2 amide bonds. The van der Waals surface area contributed by atoms with Crippen LogP contribution in [0.4, 0.5) is 5.69 Å². The van der Waals surface area contributed by atoms with E-state index in [1.165, 1.54) is 12.1 Å². The molecule has 0 aromatic heterocycles. The first-order chi connectivity index (χ1) is 10.5. The number of primary amides is 1. The van der Waals surface area contributed by atoms with Crippen LogP contribution in [0.1, 0.15) is 29.6 Å². The molecule has 118 valence electrons. The van der Waals surface area contributed by atoms with Crippen molar-refractivity contribution in [1.82, 2.24) is 4.90 Å². The highest BCUT2D eigenvalue weighted by molar-refractivity contribution is 5.95. The summed E-state index contributed by atoms with van der Waals surface area (Å²) >= 11 is 0. The SMILES string of the molecule is NC(=O)c1ccc(NC(=O)CN2CCCCC2C(=O)O)cc1. The molecule has 7 heteroatoms. The normalized spacial score (nSPS) is 18.6. The van der Waals surface area contributed by atoms with E-state index in [9.17, 15) is 19.5 Å². The van der Waals surface area contributed by atoms with Crippen molar-refractivity contribution in [3.8, 4) is 0 Å². The number of carboxylic acid groups (broad SMARTS) is 1. The van der Waals surface area contributed by atoms with E-state index in [0.717, 1.165) is 12.8 Å². The summed E-state index contributed by atoms with van der Waals surface area (Å²) in [7, 11) is 0. The zero-order valence-corrected chi connectivity index (χ0v) is 12.1. The van der Waals surface area contributed by atoms with E-state index in [0.29, 0.717) is 24.2 Å². The van der Waals surface area contributed by atoms with E-state index in [-0.39, 0.29) is 12.5 Å². The number of nitrogens with one attached hydrogen (secondary N) is 1. The Hall–Kier alpha value is -2.41. The molecule has 2 rings (SSSR count). The second-order valence-electron chi connectivity index (χ2n) is 5.31. The molecule has 1 saturated heterocycles. The minimum Gasteiger partial charge on any atom is -0.480 e. The molecule has 1 aliphatic heterocycles. The van der Waals surface area contributed by atoms with Gasteiger partial charge >= 0.3 is 5.97 Å². The zero-order valence-electron chi connectivity index (χ0n) is 12.1. The van der Waals surface area contributed by atoms with Crippen molar-refractivity contribution >= 4 is 23.5 Å². The summed E-state index contributed by atoms with van der Waals surface area (Å²) in [4.78, 5) is 35.9. The van der Waals surface area contributed by atoms with Gasteiger partial charge in [0.1, 0.15) is 6.04 Å². The van der Waals surface area contributed by atoms with Crippen molar-refractivity contribution in [2.24, 2.45) is 5.73 Å². The number of carbonyl (C=O) groups is 3. The fourth-order valence-corrected chi connectivity index (χ4v) is 2.56. The van der Waals surface area contributed by atoms with E-state index in [1.807, 2.05) is 0 Å². The molecular weight excluding hydrogens is 286 g/mol. The first-order valence-corrected chi connectivity index (χ1v) is 7.14. The van der Waals surface area contributed by atoms with Gasteiger partial charge in [0.05, 0.1) is 6.54 Å². The fourth-order valence-electron chi connectivity index (χ4n) is 2.56. The number of aliphatic carboxylic acids is 1. The van der Waals surface area contributed by atoms with Crippen LogP contribution in [0.3, 0.4) is 0 Å². The van der Waals surface area contributed by atoms with Gasteiger partial charge in [0.25, 0.3) is 0 Å². The Morgan fingerprint density at radius 3 is 2.50 bits per heavy atom. The molecule has 1 fully saturated rings. The molecule has 0 radical (unpaired) electrons. The summed E-state index contributed by atoms with van der Waals surface area (Å²) in [5, 5.41) is 11.9. The Morgan fingerprint density at radius 2 is 1.91 bits per heavy atom. The highest BCUT2D eigenvalue weighted by Gasteiger charge is 2.29. The van der Waals surface area contributed by atoms with Gasteiger partial charge in [-0.2, -0.15) is 0 Å². The number of carboxylic acids is 1.